The van der Waals surface area contributed by atoms with Gasteiger partial charge in [-0.2, -0.15) is 0 Å². The van der Waals surface area contributed by atoms with Crippen molar-refractivity contribution in [1.29, 1.82) is 0 Å². The molecular formula is C28H28N2O4. The average molecular weight is 457 g/mol. The van der Waals surface area contributed by atoms with E-state index in [9.17, 15) is 9.59 Å². The fourth-order valence-electron chi connectivity index (χ4n) is 4.82. The maximum Gasteiger partial charge on any atom is 0.411 e. The van der Waals surface area contributed by atoms with Crippen LogP contribution in [-0.2, 0) is 29.1 Å². The van der Waals surface area contributed by atoms with Crippen LogP contribution >= 0.6 is 0 Å². The van der Waals surface area contributed by atoms with Gasteiger partial charge in [-0.1, -0.05) is 54.6 Å². The Morgan fingerprint density at radius 3 is 2.71 bits per heavy atom. The lowest BCUT2D eigenvalue weighted by molar-refractivity contribution is -0.140. The van der Waals surface area contributed by atoms with Crippen molar-refractivity contribution in [2.24, 2.45) is 0 Å². The van der Waals surface area contributed by atoms with Crippen molar-refractivity contribution in [3.05, 3.63) is 95.1 Å². The maximum atomic E-state index is 13.3. The Morgan fingerprint density at radius 1 is 1.06 bits per heavy atom. The second-order valence-electron chi connectivity index (χ2n) is 8.84. The molecular weight excluding hydrogens is 428 g/mol. The molecule has 2 amide bonds. The molecule has 0 radical (unpaired) electrons. The topological polar surface area (TPSA) is 67.9 Å². The van der Waals surface area contributed by atoms with Gasteiger partial charge < -0.3 is 14.4 Å². The summed E-state index contributed by atoms with van der Waals surface area (Å²) < 4.78 is 11.4. The summed E-state index contributed by atoms with van der Waals surface area (Å²) in [5, 5.41) is 2.79. The molecule has 3 aromatic rings. The number of nitrogens with one attached hydrogen (secondary N) is 1. The molecule has 3 aromatic carbocycles. The first-order valence-corrected chi connectivity index (χ1v) is 11.7. The van der Waals surface area contributed by atoms with Gasteiger partial charge in [0.25, 0.3) is 5.91 Å². The number of anilines is 1. The molecule has 34 heavy (non-hydrogen) atoms. The number of fused-ring (bicyclic) bond motifs is 2. The Morgan fingerprint density at radius 2 is 1.85 bits per heavy atom. The molecule has 0 saturated carbocycles. The van der Waals surface area contributed by atoms with Gasteiger partial charge in [0.1, 0.15) is 12.4 Å². The molecule has 174 valence electrons. The molecule has 1 N–H and O–H groups in total. The van der Waals surface area contributed by atoms with Crippen molar-refractivity contribution >= 4 is 17.7 Å². The van der Waals surface area contributed by atoms with Crippen molar-refractivity contribution in [3.8, 4) is 5.75 Å². The number of carbonyl (C=O) groups excluding carboxylic acids is 2. The van der Waals surface area contributed by atoms with Crippen molar-refractivity contribution < 1.29 is 19.1 Å². The minimum absolute atomic E-state index is 0.0157. The molecule has 6 nitrogen and oxygen atoms in total. The van der Waals surface area contributed by atoms with Gasteiger partial charge in [-0.25, -0.2) is 4.79 Å². The second kappa shape index (κ2) is 9.59. The lowest BCUT2D eigenvalue weighted by atomic mass is 9.86. The number of benzene rings is 3. The molecule has 1 aliphatic carbocycles. The number of hydrogen-bond acceptors (Lipinski definition) is 4. The minimum atomic E-state index is -0.579. The number of carbonyl (C=O) groups is 2. The molecule has 0 saturated heterocycles. The third-order valence-corrected chi connectivity index (χ3v) is 6.51. The van der Waals surface area contributed by atoms with Crippen LogP contribution in [0.25, 0.3) is 0 Å². The third kappa shape index (κ3) is 4.62. The molecule has 2 aliphatic rings. The second-order valence-corrected chi connectivity index (χ2v) is 8.84. The van der Waals surface area contributed by atoms with Crippen LogP contribution in [0.5, 0.6) is 5.75 Å². The molecule has 6 heteroatoms. The SMILES string of the molecule is C[C@H]1Oc2ccc(NC(=O)OCc3ccccc3)cc2CN([C@H]2CCCc3ccccc32)C1=O. The average Bonchev–Trinajstić information content (AvgIpc) is 2.99. The maximum absolute atomic E-state index is 13.3. The third-order valence-electron chi connectivity index (χ3n) is 6.51. The van der Waals surface area contributed by atoms with Crippen LogP contribution in [0, 0.1) is 0 Å². The van der Waals surface area contributed by atoms with Crippen LogP contribution in [-0.4, -0.2) is 23.0 Å². The highest BCUT2D eigenvalue weighted by molar-refractivity contribution is 5.85. The Balaban J connectivity index is 1.35. The van der Waals surface area contributed by atoms with E-state index in [2.05, 4.69) is 23.5 Å². The largest absolute Gasteiger partial charge is 0.481 e. The zero-order chi connectivity index (χ0) is 23.5. The van der Waals surface area contributed by atoms with E-state index in [1.807, 2.05) is 53.4 Å². The first-order chi connectivity index (χ1) is 16.6. The summed E-state index contributed by atoms with van der Waals surface area (Å²) in [6, 6.07) is 23.4. The fourth-order valence-corrected chi connectivity index (χ4v) is 4.82. The summed E-state index contributed by atoms with van der Waals surface area (Å²) in [5.74, 6) is 0.644. The molecule has 0 unspecified atom stereocenters. The van der Waals surface area contributed by atoms with Gasteiger partial charge in [0.05, 0.1) is 12.6 Å². The Labute approximate surface area is 199 Å². The van der Waals surface area contributed by atoms with E-state index in [4.69, 9.17) is 9.47 Å². The standard InChI is InChI=1S/C28H28N2O4/c1-19-27(31)30(25-13-7-11-21-10-5-6-12-24(21)25)17-22-16-23(14-15-26(22)34-19)29-28(32)33-18-20-8-3-2-4-9-20/h2-6,8-10,12,14-16,19,25H,7,11,13,17-18H2,1H3,(H,29,32)/t19-,25+/m1/s1. The van der Waals surface area contributed by atoms with Crippen LogP contribution in [0.15, 0.2) is 72.8 Å². The number of rotatable bonds is 4. The zero-order valence-corrected chi connectivity index (χ0v) is 19.2. The number of hydrogen-bond donors (Lipinski definition) is 1. The van der Waals surface area contributed by atoms with Crippen LogP contribution in [0.3, 0.4) is 0 Å². The lowest BCUT2D eigenvalue weighted by Gasteiger charge is -2.35. The van der Waals surface area contributed by atoms with E-state index in [0.717, 1.165) is 30.4 Å². The van der Waals surface area contributed by atoms with Crippen LogP contribution in [0.4, 0.5) is 10.5 Å². The summed E-state index contributed by atoms with van der Waals surface area (Å²) >= 11 is 0. The van der Waals surface area contributed by atoms with Gasteiger partial charge in [0.15, 0.2) is 6.10 Å². The number of aryl methyl sites for hydroxylation is 1. The Hall–Kier alpha value is -3.80. The van der Waals surface area contributed by atoms with Crippen molar-refractivity contribution in [2.45, 2.75) is 51.5 Å². The van der Waals surface area contributed by atoms with Gasteiger partial charge in [-0.05, 0) is 61.1 Å². The number of amides is 2. The van der Waals surface area contributed by atoms with Crippen molar-refractivity contribution in [1.82, 2.24) is 4.90 Å². The minimum Gasteiger partial charge on any atom is -0.481 e. The molecule has 0 fully saturated rings. The monoisotopic (exact) mass is 456 g/mol. The van der Waals surface area contributed by atoms with E-state index in [1.54, 1.807) is 13.0 Å². The molecule has 1 heterocycles. The summed E-state index contributed by atoms with van der Waals surface area (Å²) in [6.45, 7) is 2.42. The van der Waals surface area contributed by atoms with E-state index < -0.39 is 12.2 Å². The molecule has 0 aromatic heterocycles. The molecule has 2 atom stereocenters. The Kier molecular flexibility index (Phi) is 6.21. The lowest BCUT2D eigenvalue weighted by Crippen LogP contribution is -2.41. The fraction of sp³-hybridized carbons (Fsp3) is 0.286. The molecule has 1 aliphatic heterocycles. The normalized spacial score (nSPS) is 19.3. The van der Waals surface area contributed by atoms with Crippen LogP contribution in [0.2, 0.25) is 0 Å². The Bertz CT molecular complexity index is 1190. The highest BCUT2D eigenvalue weighted by atomic mass is 16.5. The van der Waals surface area contributed by atoms with E-state index in [-0.39, 0.29) is 18.6 Å². The number of ether oxygens (including phenoxy) is 2. The first kappa shape index (κ1) is 22.0. The van der Waals surface area contributed by atoms with Crippen molar-refractivity contribution in [2.75, 3.05) is 5.32 Å². The summed E-state index contributed by atoms with van der Waals surface area (Å²) in [5.41, 5.74) is 4.91. The van der Waals surface area contributed by atoms with Gasteiger partial charge in [0.2, 0.25) is 0 Å². The van der Waals surface area contributed by atoms with Crippen molar-refractivity contribution in [3.63, 3.8) is 0 Å². The predicted molar refractivity (Wildman–Crippen MR) is 129 cm³/mol. The highest BCUT2D eigenvalue weighted by Crippen LogP contribution is 2.38. The van der Waals surface area contributed by atoms with Crippen LogP contribution < -0.4 is 10.1 Å². The van der Waals surface area contributed by atoms with Gasteiger partial charge in [-0.15, -0.1) is 0 Å². The van der Waals surface area contributed by atoms with Gasteiger partial charge in [0, 0.05) is 11.3 Å². The smallest absolute Gasteiger partial charge is 0.411 e. The van der Waals surface area contributed by atoms with Gasteiger partial charge in [-0.3, -0.25) is 10.1 Å². The van der Waals surface area contributed by atoms with Crippen LogP contribution in [0.1, 0.15) is 48.1 Å². The summed E-state index contributed by atoms with van der Waals surface area (Å²) in [6.07, 6.45) is 1.90. The summed E-state index contributed by atoms with van der Waals surface area (Å²) in [7, 11) is 0. The predicted octanol–water partition coefficient (Wildman–Crippen LogP) is 5.62. The van der Waals surface area contributed by atoms with E-state index in [1.165, 1.54) is 11.1 Å². The molecule has 5 rings (SSSR count). The van der Waals surface area contributed by atoms with Gasteiger partial charge >= 0.3 is 6.09 Å². The molecule has 0 bridgehead atoms. The quantitative estimate of drug-likeness (QED) is 0.553. The number of nitrogens with zero attached hydrogens (tertiary/aromatic N) is 1. The zero-order valence-electron chi connectivity index (χ0n) is 19.2. The molecule has 0 spiro atoms. The van der Waals surface area contributed by atoms with E-state index >= 15 is 0 Å². The first-order valence-electron chi connectivity index (χ1n) is 11.7. The van der Waals surface area contributed by atoms with E-state index in [0.29, 0.717) is 18.0 Å². The highest BCUT2D eigenvalue weighted by Gasteiger charge is 2.35. The summed E-state index contributed by atoms with van der Waals surface area (Å²) in [4.78, 5) is 27.6.